The van der Waals surface area contributed by atoms with E-state index < -0.39 is 0 Å². The topological polar surface area (TPSA) is 65.8 Å². The van der Waals surface area contributed by atoms with Gasteiger partial charge in [-0.1, -0.05) is 0 Å². The first kappa shape index (κ1) is 17.5. The van der Waals surface area contributed by atoms with Crippen molar-refractivity contribution in [3.8, 4) is 17.2 Å². The molecular formula is C18H25N3O4. The van der Waals surface area contributed by atoms with Crippen LogP contribution in [0, 0.1) is 0 Å². The highest BCUT2D eigenvalue weighted by atomic mass is 16.5. The van der Waals surface area contributed by atoms with Crippen LogP contribution in [0.25, 0.3) is 10.9 Å². The lowest BCUT2D eigenvalue weighted by Gasteiger charge is -2.16. The largest absolute Gasteiger partial charge is 0.493 e. The van der Waals surface area contributed by atoms with Gasteiger partial charge in [0.25, 0.3) is 5.56 Å². The van der Waals surface area contributed by atoms with Crippen LogP contribution in [0.3, 0.4) is 0 Å². The quantitative estimate of drug-likeness (QED) is 0.762. The summed E-state index contributed by atoms with van der Waals surface area (Å²) in [5, 5.41) is 0.471. The van der Waals surface area contributed by atoms with Gasteiger partial charge in [-0.15, -0.1) is 0 Å². The molecule has 1 aliphatic rings. The maximum Gasteiger partial charge on any atom is 0.261 e. The zero-order valence-corrected chi connectivity index (χ0v) is 15.1. The van der Waals surface area contributed by atoms with E-state index in [1.165, 1.54) is 47.3 Å². The number of hydrogen-bond acceptors (Lipinski definition) is 6. The van der Waals surface area contributed by atoms with Gasteiger partial charge in [0.2, 0.25) is 5.75 Å². The summed E-state index contributed by atoms with van der Waals surface area (Å²) in [4.78, 5) is 19.7. The molecule has 0 atom stereocenters. The molecule has 0 aliphatic carbocycles. The number of fused-ring (bicyclic) bond motifs is 1. The van der Waals surface area contributed by atoms with E-state index in [2.05, 4.69) is 9.88 Å². The lowest BCUT2D eigenvalue weighted by molar-refractivity contribution is 0.323. The van der Waals surface area contributed by atoms with E-state index in [1.54, 1.807) is 17.0 Å². The molecule has 0 unspecified atom stereocenters. The van der Waals surface area contributed by atoms with E-state index in [-0.39, 0.29) is 5.56 Å². The Bertz CT molecular complexity index is 797. The Kier molecular flexibility index (Phi) is 5.43. The standard InChI is InChI=1S/C18H25N3O4/c1-23-14-11-13-15(17(25-3)16(14)24-2)19-12-21(18(13)22)10-6-9-20-7-4-5-8-20/h11-12H,4-10H2,1-3H3. The summed E-state index contributed by atoms with van der Waals surface area (Å²) in [6.45, 7) is 3.99. The van der Waals surface area contributed by atoms with Crippen LogP contribution in [0.1, 0.15) is 19.3 Å². The summed E-state index contributed by atoms with van der Waals surface area (Å²) in [5.74, 6) is 1.31. The second kappa shape index (κ2) is 7.74. The van der Waals surface area contributed by atoms with Crippen molar-refractivity contribution < 1.29 is 14.2 Å². The van der Waals surface area contributed by atoms with Crippen LogP contribution in [0.4, 0.5) is 0 Å². The monoisotopic (exact) mass is 347 g/mol. The average Bonchev–Trinajstić information content (AvgIpc) is 3.15. The summed E-state index contributed by atoms with van der Waals surface area (Å²) < 4.78 is 17.8. The average molecular weight is 347 g/mol. The van der Waals surface area contributed by atoms with Crippen LogP contribution in [0.15, 0.2) is 17.2 Å². The SMILES string of the molecule is COc1cc2c(=O)n(CCCN3CCCC3)cnc2c(OC)c1OC. The fourth-order valence-electron chi connectivity index (χ4n) is 3.40. The molecule has 3 rings (SSSR count). The molecule has 0 saturated carbocycles. The normalized spacial score (nSPS) is 14.8. The van der Waals surface area contributed by atoms with Crippen molar-refractivity contribution in [2.24, 2.45) is 0 Å². The number of hydrogen-bond donors (Lipinski definition) is 0. The number of benzene rings is 1. The summed E-state index contributed by atoms with van der Waals surface area (Å²) in [6, 6.07) is 1.67. The third-order valence-corrected chi connectivity index (χ3v) is 4.69. The van der Waals surface area contributed by atoms with Crippen molar-refractivity contribution in [2.45, 2.75) is 25.8 Å². The van der Waals surface area contributed by atoms with Gasteiger partial charge in [0.1, 0.15) is 5.52 Å². The van der Waals surface area contributed by atoms with Crippen LogP contribution >= 0.6 is 0 Å². The summed E-state index contributed by atoms with van der Waals surface area (Å²) >= 11 is 0. The Morgan fingerprint density at radius 3 is 2.40 bits per heavy atom. The highest BCUT2D eigenvalue weighted by Gasteiger charge is 2.19. The van der Waals surface area contributed by atoms with Crippen molar-refractivity contribution in [1.82, 2.24) is 14.5 Å². The van der Waals surface area contributed by atoms with Gasteiger partial charge in [-0.05, 0) is 45.0 Å². The van der Waals surface area contributed by atoms with Crippen LogP contribution in [0.2, 0.25) is 0 Å². The second-order valence-electron chi connectivity index (χ2n) is 6.19. The van der Waals surface area contributed by atoms with E-state index in [4.69, 9.17) is 14.2 Å². The molecule has 0 amide bonds. The number of methoxy groups -OCH3 is 3. The summed E-state index contributed by atoms with van der Waals surface area (Å²) in [7, 11) is 4.60. The molecule has 2 aromatic rings. The summed E-state index contributed by atoms with van der Waals surface area (Å²) in [6.07, 6.45) is 5.07. The molecule has 1 aromatic heterocycles. The van der Waals surface area contributed by atoms with Gasteiger partial charge in [-0.2, -0.15) is 0 Å². The molecular weight excluding hydrogens is 322 g/mol. The zero-order chi connectivity index (χ0) is 17.8. The van der Waals surface area contributed by atoms with Crippen LogP contribution in [0.5, 0.6) is 17.2 Å². The fourth-order valence-corrected chi connectivity index (χ4v) is 3.40. The van der Waals surface area contributed by atoms with E-state index >= 15 is 0 Å². The molecule has 136 valence electrons. The third kappa shape index (κ3) is 3.42. The Hall–Kier alpha value is -2.28. The number of aryl methyl sites for hydroxylation is 1. The van der Waals surface area contributed by atoms with Crippen LogP contribution in [-0.2, 0) is 6.54 Å². The number of aromatic nitrogens is 2. The molecule has 25 heavy (non-hydrogen) atoms. The van der Waals surface area contributed by atoms with Crippen molar-refractivity contribution >= 4 is 10.9 Å². The fraction of sp³-hybridized carbons (Fsp3) is 0.556. The molecule has 0 spiro atoms. The number of nitrogens with zero attached hydrogens (tertiary/aromatic N) is 3. The first-order chi connectivity index (χ1) is 12.2. The lowest BCUT2D eigenvalue weighted by atomic mass is 10.2. The molecule has 0 radical (unpaired) electrons. The van der Waals surface area contributed by atoms with Crippen molar-refractivity contribution in [3.63, 3.8) is 0 Å². The Balaban J connectivity index is 1.91. The van der Waals surface area contributed by atoms with Gasteiger partial charge in [0, 0.05) is 6.54 Å². The van der Waals surface area contributed by atoms with Crippen LogP contribution < -0.4 is 19.8 Å². The zero-order valence-electron chi connectivity index (χ0n) is 15.1. The number of ether oxygens (including phenoxy) is 3. The van der Waals surface area contributed by atoms with E-state index in [0.29, 0.717) is 34.7 Å². The molecule has 0 N–H and O–H groups in total. The van der Waals surface area contributed by atoms with Gasteiger partial charge in [0.05, 0.1) is 33.0 Å². The summed E-state index contributed by atoms with van der Waals surface area (Å²) in [5.41, 5.74) is 0.395. The highest BCUT2D eigenvalue weighted by molar-refractivity contribution is 5.89. The van der Waals surface area contributed by atoms with Gasteiger partial charge in [0.15, 0.2) is 11.5 Å². The first-order valence-corrected chi connectivity index (χ1v) is 8.60. The molecule has 0 bridgehead atoms. The van der Waals surface area contributed by atoms with E-state index in [1.807, 2.05) is 0 Å². The van der Waals surface area contributed by atoms with E-state index in [9.17, 15) is 4.79 Å². The van der Waals surface area contributed by atoms with E-state index in [0.717, 1.165) is 13.0 Å². The van der Waals surface area contributed by atoms with Crippen molar-refractivity contribution in [3.05, 3.63) is 22.7 Å². The van der Waals surface area contributed by atoms with Gasteiger partial charge < -0.3 is 19.1 Å². The van der Waals surface area contributed by atoms with Crippen molar-refractivity contribution in [1.29, 1.82) is 0 Å². The lowest BCUT2D eigenvalue weighted by Crippen LogP contribution is -2.25. The van der Waals surface area contributed by atoms with Gasteiger partial charge in [-0.3, -0.25) is 9.36 Å². The minimum absolute atomic E-state index is 0.0920. The minimum atomic E-state index is -0.0920. The minimum Gasteiger partial charge on any atom is -0.493 e. The third-order valence-electron chi connectivity index (χ3n) is 4.69. The maximum atomic E-state index is 12.8. The smallest absolute Gasteiger partial charge is 0.261 e. The van der Waals surface area contributed by atoms with Crippen LogP contribution in [-0.4, -0.2) is 55.4 Å². The second-order valence-corrected chi connectivity index (χ2v) is 6.19. The molecule has 1 fully saturated rings. The molecule has 2 heterocycles. The number of rotatable bonds is 7. The van der Waals surface area contributed by atoms with Gasteiger partial charge >= 0.3 is 0 Å². The predicted molar refractivity (Wildman–Crippen MR) is 96.0 cm³/mol. The molecule has 7 nitrogen and oxygen atoms in total. The molecule has 7 heteroatoms. The predicted octanol–water partition coefficient (Wildman–Crippen LogP) is 1.91. The highest BCUT2D eigenvalue weighted by Crippen LogP contribution is 2.41. The Morgan fingerprint density at radius 1 is 1.04 bits per heavy atom. The maximum absolute atomic E-state index is 12.8. The number of likely N-dealkylation sites (tertiary alicyclic amines) is 1. The Morgan fingerprint density at radius 2 is 1.76 bits per heavy atom. The molecule has 1 aliphatic heterocycles. The Labute approximate surface area is 147 Å². The van der Waals surface area contributed by atoms with Gasteiger partial charge in [-0.25, -0.2) is 4.98 Å². The first-order valence-electron chi connectivity index (χ1n) is 8.60. The molecule has 1 saturated heterocycles. The molecule has 1 aromatic carbocycles. The van der Waals surface area contributed by atoms with Crippen molar-refractivity contribution in [2.75, 3.05) is 41.0 Å².